The number of benzene rings is 1. The van der Waals surface area contributed by atoms with Gasteiger partial charge < -0.3 is 15.2 Å². The molecule has 0 aromatic heterocycles. The topological polar surface area (TPSA) is 61.8 Å². The van der Waals surface area contributed by atoms with Crippen molar-refractivity contribution in [3.05, 3.63) is 35.9 Å². The van der Waals surface area contributed by atoms with Gasteiger partial charge in [0.2, 0.25) is 5.91 Å². The number of nitrogens with one attached hydrogen (secondary N) is 1. The highest BCUT2D eigenvalue weighted by molar-refractivity contribution is 5.77. The van der Waals surface area contributed by atoms with Crippen molar-refractivity contribution in [3.8, 4) is 0 Å². The Hall–Kier alpha value is -1.43. The average Bonchev–Trinajstić information content (AvgIpc) is 2.59. The molecule has 1 aromatic rings. The molecule has 5 heteroatoms. The Balaban J connectivity index is 1.68. The fourth-order valence-corrected chi connectivity index (χ4v) is 3.02. The standard InChI is InChI=1S/C18H28N2O3/c1-2-23-13-10-19-17(21)14-20-11-8-16(9-12-20)18(22)15-6-4-3-5-7-15/h3-7,16,18,22H,2,8-14H2,1H3,(H,19,21). The van der Waals surface area contributed by atoms with E-state index in [1.165, 1.54) is 0 Å². The summed E-state index contributed by atoms with van der Waals surface area (Å²) >= 11 is 0. The van der Waals surface area contributed by atoms with Gasteiger partial charge in [0.05, 0.1) is 19.3 Å². The van der Waals surface area contributed by atoms with Gasteiger partial charge >= 0.3 is 0 Å². The molecule has 2 N–H and O–H groups in total. The molecule has 1 unspecified atom stereocenters. The molecule has 1 aromatic carbocycles. The van der Waals surface area contributed by atoms with Crippen LogP contribution in [0.4, 0.5) is 0 Å². The largest absolute Gasteiger partial charge is 0.388 e. The Morgan fingerprint density at radius 1 is 1.35 bits per heavy atom. The average molecular weight is 320 g/mol. The van der Waals surface area contributed by atoms with Crippen molar-refractivity contribution >= 4 is 5.91 Å². The number of piperidine rings is 1. The van der Waals surface area contributed by atoms with Crippen molar-refractivity contribution in [2.24, 2.45) is 5.92 Å². The minimum absolute atomic E-state index is 0.0479. The normalized spacial score (nSPS) is 17.8. The number of carbonyl (C=O) groups excluding carboxylic acids is 1. The number of hydrogen-bond donors (Lipinski definition) is 2. The molecule has 0 bridgehead atoms. The summed E-state index contributed by atoms with van der Waals surface area (Å²) in [5, 5.41) is 13.3. The number of likely N-dealkylation sites (tertiary alicyclic amines) is 1. The molecule has 1 saturated heterocycles. The maximum atomic E-state index is 11.9. The predicted molar refractivity (Wildman–Crippen MR) is 90.1 cm³/mol. The molecule has 1 atom stereocenters. The van der Waals surface area contributed by atoms with Gasteiger partial charge in [-0.05, 0) is 44.3 Å². The molecule has 1 heterocycles. The molecule has 0 radical (unpaired) electrons. The molecule has 0 aliphatic carbocycles. The van der Waals surface area contributed by atoms with Crippen LogP contribution in [0.5, 0.6) is 0 Å². The summed E-state index contributed by atoms with van der Waals surface area (Å²) < 4.78 is 5.20. The van der Waals surface area contributed by atoms with Crippen LogP contribution in [-0.2, 0) is 9.53 Å². The van der Waals surface area contributed by atoms with E-state index in [0.717, 1.165) is 31.5 Å². The van der Waals surface area contributed by atoms with Gasteiger partial charge in [-0.25, -0.2) is 0 Å². The van der Waals surface area contributed by atoms with Gasteiger partial charge in [0.1, 0.15) is 0 Å². The van der Waals surface area contributed by atoms with E-state index in [0.29, 0.717) is 26.3 Å². The van der Waals surface area contributed by atoms with Crippen molar-refractivity contribution in [3.63, 3.8) is 0 Å². The maximum Gasteiger partial charge on any atom is 0.234 e. The smallest absolute Gasteiger partial charge is 0.234 e. The summed E-state index contributed by atoms with van der Waals surface area (Å²) in [5.74, 6) is 0.321. The second-order valence-electron chi connectivity index (χ2n) is 6.02. The highest BCUT2D eigenvalue weighted by atomic mass is 16.5. The lowest BCUT2D eigenvalue weighted by atomic mass is 9.87. The van der Waals surface area contributed by atoms with Crippen molar-refractivity contribution in [2.75, 3.05) is 39.4 Å². The van der Waals surface area contributed by atoms with Crippen molar-refractivity contribution in [1.29, 1.82) is 0 Å². The minimum Gasteiger partial charge on any atom is -0.388 e. The molecule has 1 aliphatic heterocycles. The van der Waals surface area contributed by atoms with Crippen molar-refractivity contribution < 1.29 is 14.6 Å². The van der Waals surface area contributed by atoms with E-state index in [1.54, 1.807) is 0 Å². The molecule has 23 heavy (non-hydrogen) atoms. The maximum absolute atomic E-state index is 11.9. The summed E-state index contributed by atoms with van der Waals surface area (Å²) in [6.07, 6.45) is 1.43. The lowest BCUT2D eigenvalue weighted by Gasteiger charge is -2.34. The van der Waals surface area contributed by atoms with Crippen LogP contribution in [-0.4, -0.2) is 55.3 Å². The molecule has 1 fully saturated rings. The summed E-state index contributed by atoms with van der Waals surface area (Å²) in [7, 11) is 0. The van der Waals surface area contributed by atoms with E-state index in [2.05, 4.69) is 10.2 Å². The lowest BCUT2D eigenvalue weighted by Crippen LogP contribution is -2.43. The Morgan fingerprint density at radius 3 is 2.70 bits per heavy atom. The van der Waals surface area contributed by atoms with Crippen LogP contribution in [0, 0.1) is 5.92 Å². The monoisotopic (exact) mass is 320 g/mol. The van der Waals surface area contributed by atoms with E-state index in [9.17, 15) is 9.90 Å². The zero-order valence-corrected chi connectivity index (χ0v) is 13.9. The first-order valence-electron chi connectivity index (χ1n) is 8.50. The molecule has 1 aliphatic rings. The third-order valence-corrected chi connectivity index (χ3v) is 4.36. The summed E-state index contributed by atoms with van der Waals surface area (Å²) in [6, 6.07) is 9.83. The van der Waals surface area contributed by atoms with Crippen LogP contribution in [0.3, 0.4) is 0 Å². The molecule has 0 spiro atoms. The lowest BCUT2D eigenvalue weighted by molar-refractivity contribution is -0.122. The van der Waals surface area contributed by atoms with E-state index < -0.39 is 6.10 Å². The van der Waals surface area contributed by atoms with E-state index in [1.807, 2.05) is 37.3 Å². The number of aliphatic hydroxyl groups is 1. The Morgan fingerprint density at radius 2 is 2.04 bits per heavy atom. The first kappa shape index (κ1) is 17.9. The van der Waals surface area contributed by atoms with Gasteiger partial charge in [-0.15, -0.1) is 0 Å². The fourth-order valence-electron chi connectivity index (χ4n) is 3.02. The van der Waals surface area contributed by atoms with Crippen LogP contribution in [0.25, 0.3) is 0 Å². The number of ether oxygens (including phenoxy) is 1. The zero-order chi connectivity index (χ0) is 16.5. The molecule has 128 valence electrons. The molecule has 5 nitrogen and oxygen atoms in total. The zero-order valence-electron chi connectivity index (χ0n) is 13.9. The van der Waals surface area contributed by atoms with Crippen molar-refractivity contribution in [2.45, 2.75) is 25.9 Å². The van der Waals surface area contributed by atoms with E-state index in [-0.39, 0.29) is 11.8 Å². The van der Waals surface area contributed by atoms with Crippen LogP contribution >= 0.6 is 0 Å². The van der Waals surface area contributed by atoms with Crippen LogP contribution in [0.2, 0.25) is 0 Å². The van der Waals surface area contributed by atoms with Gasteiger partial charge in [-0.3, -0.25) is 9.69 Å². The highest BCUT2D eigenvalue weighted by Crippen LogP contribution is 2.30. The molecule has 1 amide bonds. The van der Waals surface area contributed by atoms with Crippen molar-refractivity contribution in [1.82, 2.24) is 10.2 Å². The second-order valence-corrected chi connectivity index (χ2v) is 6.02. The molecular weight excluding hydrogens is 292 g/mol. The summed E-state index contributed by atoms with van der Waals surface area (Å²) in [6.45, 7) is 5.88. The quantitative estimate of drug-likeness (QED) is 0.714. The van der Waals surface area contributed by atoms with Crippen LogP contribution in [0.15, 0.2) is 30.3 Å². The Kier molecular flexibility index (Phi) is 7.52. The van der Waals surface area contributed by atoms with Gasteiger partial charge in [0.25, 0.3) is 0 Å². The number of amides is 1. The first-order chi connectivity index (χ1) is 11.2. The highest BCUT2D eigenvalue weighted by Gasteiger charge is 2.26. The fraction of sp³-hybridized carbons (Fsp3) is 0.611. The predicted octanol–water partition coefficient (Wildman–Crippen LogP) is 1.58. The first-order valence-corrected chi connectivity index (χ1v) is 8.50. The Labute approximate surface area is 138 Å². The number of carbonyl (C=O) groups is 1. The molecule has 2 rings (SSSR count). The minimum atomic E-state index is -0.404. The van der Waals surface area contributed by atoms with Gasteiger partial charge in [-0.1, -0.05) is 30.3 Å². The number of rotatable bonds is 8. The van der Waals surface area contributed by atoms with Gasteiger partial charge in [0, 0.05) is 13.2 Å². The van der Waals surface area contributed by atoms with Gasteiger partial charge in [-0.2, -0.15) is 0 Å². The summed E-state index contributed by atoms with van der Waals surface area (Å²) in [5.41, 5.74) is 0.986. The van der Waals surface area contributed by atoms with E-state index in [4.69, 9.17) is 4.74 Å². The Bertz CT molecular complexity index is 459. The summed E-state index contributed by atoms with van der Waals surface area (Å²) in [4.78, 5) is 14.0. The number of nitrogens with zero attached hydrogens (tertiary/aromatic N) is 1. The molecular formula is C18H28N2O3. The third-order valence-electron chi connectivity index (χ3n) is 4.36. The molecule has 0 saturated carbocycles. The van der Waals surface area contributed by atoms with E-state index >= 15 is 0 Å². The van der Waals surface area contributed by atoms with Crippen LogP contribution < -0.4 is 5.32 Å². The SMILES string of the molecule is CCOCCNC(=O)CN1CCC(C(O)c2ccccc2)CC1. The number of hydrogen-bond acceptors (Lipinski definition) is 4. The third kappa shape index (κ3) is 5.94. The second kappa shape index (κ2) is 9.65. The number of aliphatic hydroxyl groups excluding tert-OH is 1. The van der Waals surface area contributed by atoms with Gasteiger partial charge in [0.15, 0.2) is 0 Å². The van der Waals surface area contributed by atoms with Crippen LogP contribution in [0.1, 0.15) is 31.4 Å².